The molecule has 0 aromatic heterocycles. The summed E-state index contributed by atoms with van der Waals surface area (Å²) in [6, 6.07) is -4.89. The van der Waals surface area contributed by atoms with E-state index in [1.807, 2.05) is 0 Å². The van der Waals surface area contributed by atoms with Crippen LogP contribution in [0, 0.1) is 5.92 Å². The summed E-state index contributed by atoms with van der Waals surface area (Å²) in [7, 11) is 0. The fraction of sp³-hybridized carbons (Fsp3) is 0.667. The lowest BCUT2D eigenvalue weighted by molar-refractivity contribution is -0.143. The van der Waals surface area contributed by atoms with Crippen molar-refractivity contribution in [1.29, 1.82) is 0 Å². The zero-order valence-corrected chi connectivity index (χ0v) is 21.7. The molecule has 4 amide bonds. The maximum atomic E-state index is 13.2. The van der Waals surface area contributed by atoms with Crippen LogP contribution in [0.25, 0.3) is 0 Å². The minimum Gasteiger partial charge on any atom is -0.480 e. The van der Waals surface area contributed by atoms with Crippen LogP contribution in [-0.4, -0.2) is 83.9 Å². The van der Waals surface area contributed by atoms with Crippen LogP contribution in [0.4, 0.5) is 0 Å². The number of nitrogens with two attached hydrogens (primary N) is 6. The Morgan fingerprint density at radius 2 is 1.11 bits per heavy atom. The summed E-state index contributed by atoms with van der Waals surface area (Å²) in [5.74, 6) is -5.17. The van der Waals surface area contributed by atoms with Gasteiger partial charge in [0.15, 0.2) is 11.9 Å². The fourth-order valence-corrected chi connectivity index (χ4v) is 3.06. The first-order valence-electron chi connectivity index (χ1n) is 11.9. The van der Waals surface area contributed by atoms with Crippen molar-refractivity contribution in [1.82, 2.24) is 16.0 Å². The molecule has 0 radical (unpaired) electrons. The van der Waals surface area contributed by atoms with Crippen LogP contribution < -0.4 is 50.4 Å². The molecule has 0 heterocycles. The maximum absolute atomic E-state index is 13.2. The Labute approximate surface area is 220 Å². The van der Waals surface area contributed by atoms with Crippen LogP contribution >= 0.6 is 0 Å². The number of aliphatic imine (C=N–C) groups is 2. The van der Waals surface area contributed by atoms with Gasteiger partial charge < -0.3 is 55.5 Å². The molecule has 0 aliphatic rings. The van der Waals surface area contributed by atoms with Crippen LogP contribution in [0.15, 0.2) is 9.98 Å². The second kappa shape index (κ2) is 17.3. The Morgan fingerprint density at radius 1 is 0.711 bits per heavy atom. The molecule has 0 spiro atoms. The van der Waals surface area contributed by atoms with Crippen molar-refractivity contribution >= 4 is 41.5 Å². The van der Waals surface area contributed by atoms with Gasteiger partial charge in [0.1, 0.15) is 18.1 Å². The van der Waals surface area contributed by atoms with Crippen LogP contribution in [-0.2, 0) is 24.0 Å². The molecule has 16 N–H and O–H groups in total. The molecule has 4 atom stereocenters. The first-order valence-corrected chi connectivity index (χ1v) is 11.9. The lowest BCUT2D eigenvalue weighted by atomic mass is 10.0. The number of rotatable bonds is 18. The number of guanidine groups is 2. The van der Waals surface area contributed by atoms with Crippen LogP contribution in [0.5, 0.6) is 0 Å². The smallest absolute Gasteiger partial charge is 0.326 e. The van der Waals surface area contributed by atoms with Gasteiger partial charge in [0, 0.05) is 13.1 Å². The lowest BCUT2D eigenvalue weighted by Gasteiger charge is -2.25. The van der Waals surface area contributed by atoms with E-state index >= 15 is 0 Å². The van der Waals surface area contributed by atoms with E-state index in [1.54, 1.807) is 13.8 Å². The summed E-state index contributed by atoms with van der Waals surface area (Å²) < 4.78 is 0. The standard InChI is InChI=1S/C21H41N11O6/c1-10(2)15(23)18(36)31-12(6-4-8-29-21(26)27)16(34)30-11(5-3-7-28-20(24)25)17(35)32-13(19(37)38)9-14(22)33/h10-13,15H,3-9,23H2,1-2H3,(H2,22,33)(H,30,34)(H,31,36)(H,32,35)(H,37,38)(H4,24,25,28)(H4,26,27,29). The number of nitrogens with zero attached hydrogens (tertiary/aromatic N) is 2. The van der Waals surface area contributed by atoms with Gasteiger partial charge in [-0.3, -0.25) is 29.2 Å². The second-order valence-electron chi connectivity index (χ2n) is 8.86. The van der Waals surface area contributed by atoms with Crippen LogP contribution in [0.2, 0.25) is 0 Å². The number of carbonyl (C=O) groups is 5. The molecule has 0 aliphatic carbocycles. The topological polar surface area (TPSA) is 323 Å². The predicted octanol–water partition coefficient (Wildman–Crippen LogP) is -4.51. The zero-order valence-electron chi connectivity index (χ0n) is 21.7. The largest absolute Gasteiger partial charge is 0.480 e. The number of hydrogen-bond acceptors (Lipinski definition) is 8. The summed E-state index contributed by atoms with van der Waals surface area (Å²) in [4.78, 5) is 68.9. The first-order chi connectivity index (χ1) is 17.6. The van der Waals surface area contributed by atoms with E-state index in [0.717, 1.165) is 0 Å². The van der Waals surface area contributed by atoms with Crippen molar-refractivity contribution < 1.29 is 29.1 Å². The molecule has 216 valence electrons. The highest BCUT2D eigenvalue weighted by molar-refractivity contribution is 5.94. The molecule has 0 aliphatic heterocycles. The molecule has 0 aromatic carbocycles. The van der Waals surface area contributed by atoms with Crippen molar-refractivity contribution in [2.45, 2.75) is 70.1 Å². The monoisotopic (exact) mass is 543 g/mol. The number of primary amides is 1. The van der Waals surface area contributed by atoms with Crippen molar-refractivity contribution in [3.63, 3.8) is 0 Å². The number of carbonyl (C=O) groups excluding carboxylic acids is 4. The molecular weight excluding hydrogens is 502 g/mol. The molecule has 4 unspecified atom stereocenters. The Kier molecular flexibility index (Phi) is 15.4. The van der Waals surface area contributed by atoms with E-state index in [9.17, 15) is 29.1 Å². The summed E-state index contributed by atoms with van der Waals surface area (Å²) in [5, 5.41) is 16.6. The van der Waals surface area contributed by atoms with Crippen LogP contribution in [0.3, 0.4) is 0 Å². The molecule has 0 bridgehead atoms. The maximum Gasteiger partial charge on any atom is 0.326 e. The molecule has 38 heavy (non-hydrogen) atoms. The van der Waals surface area contributed by atoms with E-state index in [2.05, 4.69) is 25.9 Å². The molecule has 0 saturated carbocycles. The molecule has 0 rings (SSSR count). The number of carboxylic acids is 1. The van der Waals surface area contributed by atoms with Gasteiger partial charge in [0.2, 0.25) is 23.6 Å². The van der Waals surface area contributed by atoms with Gasteiger partial charge >= 0.3 is 5.97 Å². The van der Waals surface area contributed by atoms with Gasteiger partial charge in [0.25, 0.3) is 0 Å². The van der Waals surface area contributed by atoms with Crippen molar-refractivity contribution in [3.05, 3.63) is 0 Å². The molecule has 17 nitrogen and oxygen atoms in total. The minimum atomic E-state index is -1.61. The zero-order chi connectivity index (χ0) is 29.4. The average molecular weight is 544 g/mol. The minimum absolute atomic E-state index is 0.00254. The highest BCUT2D eigenvalue weighted by Gasteiger charge is 2.31. The highest BCUT2D eigenvalue weighted by Crippen LogP contribution is 2.06. The Hall–Kier alpha value is -4.15. The number of amides is 4. The lowest BCUT2D eigenvalue weighted by Crippen LogP contribution is -2.57. The summed E-state index contributed by atoms with van der Waals surface area (Å²) >= 11 is 0. The summed E-state index contributed by atoms with van der Waals surface area (Å²) in [5.41, 5.74) is 32.2. The van der Waals surface area contributed by atoms with E-state index in [1.165, 1.54) is 0 Å². The summed E-state index contributed by atoms with van der Waals surface area (Å²) in [6.45, 7) is 3.77. The Morgan fingerprint density at radius 3 is 1.45 bits per heavy atom. The fourth-order valence-electron chi connectivity index (χ4n) is 3.06. The third-order valence-corrected chi connectivity index (χ3v) is 5.20. The molecule has 17 heteroatoms. The Bertz CT molecular complexity index is 885. The Balaban J connectivity index is 5.77. The SMILES string of the molecule is CC(C)C(N)C(=O)NC(CCCN=C(N)N)C(=O)NC(CCCN=C(N)N)C(=O)NC(CC(N)=O)C(=O)O. The average Bonchev–Trinajstić information content (AvgIpc) is 2.80. The van der Waals surface area contributed by atoms with Crippen molar-refractivity contribution in [2.75, 3.05) is 13.1 Å². The van der Waals surface area contributed by atoms with Gasteiger partial charge in [-0.1, -0.05) is 13.8 Å². The van der Waals surface area contributed by atoms with E-state index in [-0.39, 0.29) is 50.2 Å². The number of aliphatic carboxylic acids is 1. The molecule has 0 fully saturated rings. The summed E-state index contributed by atoms with van der Waals surface area (Å²) in [6.07, 6.45) is -0.0392. The number of nitrogens with one attached hydrogen (secondary N) is 3. The number of hydrogen-bond donors (Lipinski definition) is 10. The highest BCUT2D eigenvalue weighted by atomic mass is 16.4. The quantitative estimate of drug-likeness (QED) is 0.0446. The normalized spacial score (nSPS) is 13.8. The van der Waals surface area contributed by atoms with Gasteiger partial charge in [-0.15, -0.1) is 0 Å². The number of carboxylic acid groups (broad SMARTS) is 1. The second-order valence-corrected chi connectivity index (χ2v) is 8.86. The van der Waals surface area contributed by atoms with Crippen LogP contribution in [0.1, 0.15) is 46.0 Å². The van der Waals surface area contributed by atoms with Gasteiger partial charge in [-0.05, 0) is 31.6 Å². The third-order valence-electron chi connectivity index (χ3n) is 5.20. The van der Waals surface area contributed by atoms with Gasteiger partial charge in [0.05, 0.1) is 12.5 Å². The molecular formula is C21H41N11O6. The van der Waals surface area contributed by atoms with E-state index in [0.29, 0.717) is 6.42 Å². The first kappa shape index (κ1) is 33.8. The van der Waals surface area contributed by atoms with Gasteiger partial charge in [-0.25, -0.2) is 4.79 Å². The molecule has 0 saturated heterocycles. The van der Waals surface area contributed by atoms with Crippen molar-refractivity contribution in [2.24, 2.45) is 50.3 Å². The van der Waals surface area contributed by atoms with E-state index < -0.39 is 60.2 Å². The van der Waals surface area contributed by atoms with E-state index in [4.69, 9.17) is 34.4 Å². The third kappa shape index (κ3) is 14.4. The predicted molar refractivity (Wildman–Crippen MR) is 140 cm³/mol. The van der Waals surface area contributed by atoms with Crippen molar-refractivity contribution in [3.8, 4) is 0 Å². The molecule has 0 aromatic rings. The van der Waals surface area contributed by atoms with Gasteiger partial charge in [-0.2, -0.15) is 0 Å².